The number of rotatable bonds is 3. The fourth-order valence-electron chi connectivity index (χ4n) is 6.71. The summed E-state index contributed by atoms with van der Waals surface area (Å²) in [5, 5.41) is 12.0. The average Bonchev–Trinajstić information content (AvgIpc) is 3.32. The minimum atomic E-state index is -0.292. The van der Waals surface area contributed by atoms with Gasteiger partial charge in [-0.2, -0.15) is 5.26 Å². The van der Waals surface area contributed by atoms with Crippen LogP contribution in [0.2, 0.25) is 0 Å². The predicted molar refractivity (Wildman–Crippen MR) is 159 cm³/mol. The number of nitriles is 1. The molecule has 3 nitrogen and oxygen atoms in total. The first-order chi connectivity index (χ1) is 19.2. The number of halogens is 1. The Labute approximate surface area is 235 Å². The summed E-state index contributed by atoms with van der Waals surface area (Å²) in [7, 11) is 1.91. The van der Waals surface area contributed by atoms with E-state index in [0.29, 0.717) is 28.1 Å². The summed E-state index contributed by atoms with van der Waals surface area (Å²) in [5.41, 5.74) is 8.13. The Bertz CT molecular complexity index is 1780. The highest BCUT2D eigenvalue weighted by Crippen LogP contribution is 2.45. The largest absolute Gasteiger partial charge is 0.454 e. The van der Waals surface area contributed by atoms with Gasteiger partial charge in [-0.1, -0.05) is 57.2 Å². The molecular formula is C36H36FN2O+. The summed E-state index contributed by atoms with van der Waals surface area (Å²) in [6.07, 6.45) is 6.73. The molecule has 0 unspecified atom stereocenters. The van der Waals surface area contributed by atoms with Gasteiger partial charge in [0.05, 0.1) is 17.2 Å². The van der Waals surface area contributed by atoms with Crippen molar-refractivity contribution >= 4 is 21.9 Å². The molecule has 0 spiro atoms. The molecule has 6 rings (SSSR count). The van der Waals surface area contributed by atoms with E-state index in [1.165, 1.54) is 37.3 Å². The third kappa shape index (κ3) is 4.48. The van der Waals surface area contributed by atoms with Crippen LogP contribution in [0.15, 0.2) is 71.3 Å². The second-order valence-corrected chi connectivity index (χ2v) is 12.6. The van der Waals surface area contributed by atoms with Gasteiger partial charge < -0.3 is 4.42 Å². The summed E-state index contributed by atoms with van der Waals surface area (Å²) >= 11 is 0. The molecule has 2 aromatic heterocycles. The maximum atomic E-state index is 14.3. The van der Waals surface area contributed by atoms with Crippen LogP contribution in [0, 0.1) is 35.4 Å². The second kappa shape index (κ2) is 9.89. The van der Waals surface area contributed by atoms with Gasteiger partial charge in [-0.05, 0) is 78.7 Å². The third-order valence-corrected chi connectivity index (χ3v) is 9.13. The molecule has 1 aliphatic carbocycles. The van der Waals surface area contributed by atoms with Crippen LogP contribution in [-0.2, 0) is 7.05 Å². The molecule has 202 valence electrons. The highest BCUT2D eigenvalue weighted by atomic mass is 19.1. The van der Waals surface area contributed by atoms with Crippen LogP contribution >= 0.6 is 0 Å². The van der Waals surface area contributed by atoms with Crippen molar-refractivity contribution in [3.05, 3.63) is 89.4 Å². The van der Waals surface area contributed by atoms with Crippen LogP contribution in [-0.4, -0.2) is 0 Å². The van der Waals surface area contributed by atoms with Crippen molar-refractivity contribution < 1.29 is 13.4 Å². The topological polar surface area (TPSA) is 40.8 Å². The van der Waals surface area contributed by atoms with E-state index in [4.69, 9.17) is 4.42 Å². The molecule has 0 atom stereocenters. The van der Waals surface area contributed by atoms with Crippen LogP contribution in [0.25, 0.3) is 44.3 Å². The van der Waals surface area contributed by atoms with Gasteiger partial charge in [-0.3, -0.25) is 0 Å². The molecule has 0 bridgehead atoms. The number of hydrogen-bond donors (Lipinski definition) is 0. The number of benzene rings is 3. The molecule has 0 aliphatic heterocycles. The molecule has 2 heterocycles. The smallest absolute Gasteiger partial charge is 0.219 e. The average molecular weight is 532 g/mol. The molecule has 0 N–H and O–H groups in total. The molecule has 4 heteroatoms. The number of pyridine rings is 1. The van der Waals surface area contributed by atoms with E-state index in [-0.39, 0.29) is 5.82 Å². The number of furan rings is 1. The van der Waals surface area contributed by atoms with E-state index in [9.17, 15) is 9.65 Å². The Kier molecular flexibility index (Phi) is 6.50. The van der Waals surface area contributed by atoms with E-state index in [1.54, 1.807) is 12.3 Å². The Morgan fingerprint density at radius 1 is 0.875 bits per heavy atom. The third-order valence-electron chi connectivity index (χ3n) is 9.13. The molecule has 0 amide bonds. The lowest BCUT2D eigenvalue weighted by Crippen LogP contribution is -2.30. The standard InChI is InChI=1S/C36H36FN2O/c1-22-6-16-29-30-17-13-26(21-38)33(35(30)40-34(29)32(22)31-20-28(37)18-19-39(31)5)25-9-7-23(8-10-25)24-11-14-27(15-12-24)36(2,3)4/h6-10,13,16-20,24,27H,11-12,14-15H2,1-5H3/q+1. The first-order valence-corrected chi connectivity index (χ1v) is 14.3. The lowest BCUT2D eigenvalue weighted by atomic mass is 9.68. The van der Waals surface area contributed by atoms with Crippen LogP contribution < -0.4 is 4.57 Å². The molecule has 0 saturated heterocycles. The van der Waals surface area contributed by atoms with Crippen molar-refractivity contribution in [3.8, 4) is 28.5 Å². The van der Waals surface area contributed by atoms with Gasteiger partial charge in [0.25, 0.3) is 0 Å². The minimum absolute atomic E-state index is 0.292. The first-order valence-electron chi connectivity index (χ1n) is 14.3. The normalized spacial score (nSPS) is 17.8. The van der Waals surface area contributed by atoms with E-state index in [1.807, 2.05) is 30.7 Å². The highest BCUT2D eigenvalue weighted by Gasteiger charge is 2.30. The number of aromatic nitrogens is 1. The van der Waals surface area contributed by atoms with Gasteiger partial charge in [0.15, 0.2) is 6.20 Å². The number of nitrogens with zero attached hydrogens (tertiary/aromatic N) is 2. The molecule has 1 saturated carbocycles. The molecule has 3 aromatic carbocycles. The number of fused-ring (bicyclic) bond motifs is 3. The Morgan fingerprint density at radius 3 is 2.17 bits per heavy atom. The van der Waals surface area contributed by atoms with E-state index >= 15 is 0 Å². The predicted octanol–water partition coefficient (Wildman–Crippen LogP) is 9.38. The van der Waals surface area contributed by atoms with E-state index < -0.39 is 0 Å². The van der Waals surface area contributed by atoms with Crippen LogP contribution in [0.1, 0.15) is 69.1 Å². The first kappa shape index (κ1) is 26.3. The maximum Gasteiger partial charge on any atom is 0.219 e. The van der Waals surface area contributed by atoms with Crippen molar-refractivity contribution in [1.29, 1.82) is 5.26 Å². The molecule has 0 radical (unpaired) electrons. The monoisotopic (exact) mass is 531 g/mol. The zero-order valence-corrected chi connectivity index (χ0v) is 24.0. The Morgan fingerprint density at radius 2 is 1.52 bits per heavy atom. The molecule has 5 aromatic rings. The highest BCUT2D eigenvalue weighted by molar-refractivity contribution is 6.14. The van der Waals surface area contributed by atoms with Crippen LogP contribution in [0.5, 0.6) is 0 Å². The summed E-state index contributed by atoms with van der Waals surface area (Å²) < 4.78 is 22.9. The van der Waals surface area contributed by atoms with E-state index in [2.05, 4.69) is 63.2 Å². The van der Waals surface area contributed by atoms with Gasteiger partial charge in [0, 0.05) is 28.5 Å². The zero-order valence-electron chi connectivity index (χ0n) is 24.0. The molecule has 40 heavy (non-hydrogen) atoms. The van der Waals surface area contributed by atoms with Crippen molar-refractivity contribution in [2.45, 2.75) is 59.3 Å². The molecule has 1 fully saturated rings. The van der Waals surface area contributed by atoms with Crippen LogP contribution in [0.3, 0.4) is 0 Å². The van der Waals surface area contributed by atoms with Gasteiger partial charge in [-0.25, -0.2) is 8.96 Å². The Balaban J connectivity index is 1.45. The summed E-state index contributed by atoms with van der Waals surface area (Å²) in [6.45, 7) is 9.10. The number of aryl methyl sites for hydroxylation is 2. The van der Waals surface area contributed by atoms with E-state index in [0.717, 1.165) is 44.6 Å². The quantitative estimate of drug-likeness (QED) is 0.218. The van der Waals surface area contributed by atoms with Gasteiger partial charge >= 0.3 is 0 Å². The fraction of sp³-hybridized carbons (Fsp3) is 0.333. The summed E-state index contributed by atoms with van der Waals surface area (Å²) in [5.74, 6) is 1.08. The lowest BCUT2D eigenvalue weighted by Gasteiger charge is -2.37. The van der Waals surface area contributed by atoms with Gasteiger partial charge in [0.2, 0.25) is 5.69 Å². The van der Waals surface area contributed by atoms with Crippen LogP contribution in [0.4, 0.5) is 4.39 Å². The van der Waals surface area contributed by atoms with Crippen molar-refractivity contribution in [2.24, 2.45) is 18.4 Å². The zero-order chi connectivity index (χ0) is 28.2. The summed E-state index contributed by atoms with van der Waals surface area (Å²) in [4.78, 5) is 0. The molecular weight excluding hydrogens is 495 g/mol. The minimum Gasteiger partial charge on any atom is -0.454 e. The lowest BCUT2D eigenvalue weighted by molar-refractivity contribution is -0.660. The maximum absolute atomic E-state index is 14.3. The Hall–Kier alpha value is -3.97. The SMILES string of the molecule is Cc1ccc2c(oc3c(-c4ccc(C5CCC(C(C)(C)C)CC5)cc4)c(C#N)ccc32)c1-c1cc(F)cc[n+]1C. The van der Waals surface area contributed by atoms with Crippen molar-refractivity contribution in [2.75, 3.05) is 0 Å². The molecule has 1 aliphatic rings. The second-order valence-electron chi connectivity index (χ2n) is 12.6. The van der Waals surface area contributed by atoms with Crippen molar-refractivity contribution in [3.63, 3.8) is 0 Å². The van der Waals surface area contributed by atoms with Gasteiger partial charge in [0.1, 0.15) is 24.0 Å². The van der Waals surface area contributed by atoms with Gasteiger partial charge in [-0.15, -0.1) is 0 Å². The number of hydrogen-bond acceptors (Lipinski definition) is 2. The van der Waals surface area contributed by atoms with Crippen molar-refractivity contribution in [1.82, 2.24) is 0 Å². The fourth-order valence-corrected chi connectivity index (χ4v) is 6.71. The summed E-state index contributed by atoms with van der Waals surface area (Å²) in [6, 6.07) is 22.1.